The Bertz CT molecular complexity index is 1260. The van der Waals surface area contributed by atoms with E-state index in [0.717, 1.165) is 17.4 Å². The molecule has 0 saturated heterocycles. The first-order valence-electron chi connectivity index (χ1n) is 9.23. The highest BCUT2D eigenvalue weighted by Crippen LogP contribution is 2.35. The smallest absolute Gasteiger partial charge is 0.342 e. The summed E-state index contributed by atoms with van der Waals surface area (Å²) in [5, 5.41) is 10.9. The second-order valence-electron chi connectivity index (χ2n) is 6.72. The molecule has 31 heavy (non-hydrogen) atoms. The SMILES string of the molecule is CCn1ccc([C@H](C)NC(=O)c2cc3nc(-c4ccc(Cl)s4)cc(C(F)(F)F)n3n2)n1. The quantitative estimate of drug-likeness (QED) is 0.455. The molecule has 4 aromatic heterocycles. The van der Waals surface area contributed by atoms with Crippen LogP contribution < -0.4 is 5.32 Å². The van der Waals surface area contributed by atoms with Crippen LogP contribution in [0.15, 0.2) is 36.5 Å². The van der Waals surface area contributed by atoms with Crippen molar-refractivity contribution in [2.75, 3.05) is 0 Å². The number of carbonyl (C=O) groups is 1. The van der Waals surface area contributed by atoms with Crippen LogP contribution in [0.2, 0.25) is 4.34 Å². The van der Waals surface area contributed by atoms with Gasteiger partial charge in [0.2, 0.25) is 0 Å². The Balaban J connectivity index is 1.69. The van der Waals surface area contributed by atoms with E-state index in [1.54, 1.807) is 36.0 Å². The molecule has 0 spiro atoms. The van der Waals surface area contributed by atoms with Gasteiger partial charge >= 0.3 is 6.18 Å². The number of halogens is 4. The summed E-state index contributed by atoms with van der Waals surface area (Å²) >= 11 is 7.01. The number of rotatable bonds is 5. The van der Waals surface area contributed by atoms with Gasteiger partial charge < -0.3 is 5.32 Å². The lowest BCUT2D eigenvalue weighted by molar-refractivity contribution is -0.142. The molecule has 0 bridgehead atoms. The van der Waals surface area contributed by atoms with Gasteiger partial charge in [-0.25, -0.2) is 9.50 Å². The highest BCUT2D eigenvalue weighted by Gasteiger charge is 2.36. The number of fused-ring (bicyclic) bond motifs is 1. The third-order valence-electron chi connectivity index (χ3n) is 4.55. The number of hydrogen-bond donors (Lipinski definition) is 1. The molecule has 0 aliphatic rings. The third kappa shape index (κ3) is 4.28. The van der Waals surface area contributed by atoms with Crippen LogP contribution in [-0.4, -0.2) is 30.3 Å². The predicted molar refractivity (Wildman–Crippen MR) is 110 cm³/mol. The van der Waals surface area contributed by atoms with Gasteiger partial charge in [-0.3, -0.25) is 9.48 Å². The van der Waals surface area contributed by atoms with E-state index in [1.165, 1.54) is 6.07 Å². The maximum absolute atomic E-state index is 13.7. The fraction of sp³-hybridized carbons (Fsp3) is 0.263. The van der Waals surface area contributed by atoms with Crippen molar-refractivity contribution in [2.45, 2.75) is 32.6 Å². The Kier molecular flexibility index (Phi) is 5.48. The van der Waals surface area contributed by atoms with Gasteiger partial charge in [-0.1, -0.05) is 11.6 Å². The summed E-state index contributed by atoms with van der Waals surface area (Å²) in [6.45, 7) is 4.34. The molecule has 12 heteroatoms. The largest absolute Gasteiger partial charge is 0.433 e. The van der Waals surface area contributed by atoms with Crippen molar-refractivity contribution >= 4 is 34.5 Å². The second kappa shape index (κ2) is 7.97. The number of thiophene rings is 1. The topological polar surface area (TPSA) is 77.1 Å². The monoisotopic (exact) mass is 468 g/mol. The van der Waals surface area contributed by atoms with Gasteiger partial charge in [0.1, 0.15) is 0 Å². The lowest BCUT2D eigenvalue weighted by Crippen LogP contribution is -2.27. The lowest BCUT2D eigenvalue weighted by atomic mass is 10.2. The molecule has 4 heterocycles. The van der Waals surface area contributed by atoms with Crippen LogP contribution in [-0.2, 0) is 12.7 Å². The third-order valence-corrected chi connectivity index (χ3v) is 5.81. The lowest BCUT2D eigenvalue weighted by Gasteiger charge is -2.11. The molecule has 0 aliphatic carbocycles. The van der Waals surface area contributed by atoms with Gasteiger partial charge in [0, 0.05) is 18.8 Å². The fourth-order valence-electron chi connectivity index (χ4n) is 2.99. The Hall–Kier alpha value is -2.92. The normalized spacial score (nSPS) is 13.0. The zero-order valence-corrected chi connectivity index (χ0v) is 17.9. The number of amides is 1. The average molecular weight is 469 g/mol. The first-order valence-corrected chi connectivity index (χ1v) is 10.4. The summed E-state index contributed by atoms with van der Waals surface area (Å²) in [5.41, 5.74) is -0.582. The zero-order chi connectivity index (χ0) is 22.3. The molecular weight excluding hydrogens is 453 g/mol. The molecule has 0 unspecified atom stereocenters. The predicted octanol–water partition coefficient (Wildman–Crippen LogP) is 4.84. The minimum absolute atomic E-state index is 0.0950. The fourth-order valence-corrected chi connectivity index (χ4v) is 4.00. The summed E-state index contributed by atoms with van der Waals surface area (Å²) in [5.74, 6) is -0.627. The van der Waals surface area contributed by atoms with Crippen molar-refractivity contribution in [1.29, 1.82) is 0 Å². The van der Waals surface area contributed by atoms with E-state index in [-0.39, 0.29) is 17.0 Å². The molecule has 162 valence electrons. The maximum Gasteiger partial charge on any atom is 0.433 e. The van der Waals surface area contributed by atoms with Crippen molar-refractivity contribution in [3.05, 3.63) is 57.9 Å². The van der Waals surface area contributed by atoms with Crippen molar-refractivity contribution in [2.24, 2.45) is 0 Å². The maximum atomic E-state index is 13.7. The van der Waals surface area contributed by atoms with E-state index in [9.17, 15) is 18.0 Å². The van der Waals surface area contributed by atoms with Crippen molar-refractivity contribution in [1.82, 2.24) is 29.7 Å². The summed E-state index contributed by atoms with van der Waals surface area (Å²) < 4.78 is 43.8. The van der Waals surface area contributed by atoms with Crippen LogP contribution in [0.4, 0.5) is 13.2 Å². The molecule has 0 saturated carbocycles. The van der Waals surface area contributed by atoms with Crippen LogP contribution in [0.25, 0.3) is 16.2 Å². The van der Waals surface area contributed by atoms with Crippen molar-refractivity contribution in [3.63, 3.8) is 0 Å². The summed E-state index contributed by atoms with van der Waals surface area (Å²) in [7, 11) is 0. The molecule has 0 radical (unpaired) electrons. The number of alkyl halides is 3. The van der Waals surface area contributed by atoms with Crippen LogP contribution >= 0.6 is 22.9 Å². The Labute approximate surface area is 183 Å². The van der Waals surface area contributed by atoms with Gasteiger partial charge in [-0.15, -0.1) is 11.3 Å². The summed E-state index contributed by atoms with van der Waals surface area (Å²) in [4.78, 5) is 17.4. The highest BCUT2D eigenvalue weighted by molar-refractivity contribution is 7.19. The molecule has 0 fully saturated rings. The van der Waals surface area contributed by atoms with Gasteiger partial charge in [0.15, 0.2) is 17.0 Å². The van der Waals surface area contributed by atoms with Crippen molar-refractivity contribution in [3.8, 4) is 10.6 Å². The first-order chi connectivity index (χ1) is 14.7. The van der Waals surface area contributed by atoms with Crippen LogP contribution in [0.3, 0.4) is 0 Å². The Morgan fingerprint density at radius 3 is 2.65 bits per heavy atom. The Morgan fingerprint density at radius 2 is 2.03 bits per heavy atom. The van der Waals surface area contributed by atoms with E-state index < -0.39 is 23.8 Å². The van der Waals surface area contributed by atoms with E-state index >= 15 is 0 Å². The molecule has 4 rings (SSSR count). The first kappa shape index (κ1) is 21.3. The highest BCUT2D eigenvalue weighted by atomic mass is 35.5. The van der Waals surface area contributed by atoms with Crippen LogP contribution in [0, 0.1) is 0 Å². The summed E-state index contributed by atoms with van der Waals surface area (Å²) in [6.07, 6.45) is -2.92. The molecule has 7 nitrogen and oxygen atoms in total. The van der Waals surface area contributed by atoms with E-state index in [0.29, 0.717) is 26.0 Å². The van der Waals surface area contributed by atoms with E-state index in [4.69, 9.17) is 11.6 Å². The Morgan fingerprint density at radius 1 is 1.26 bits per heavy atom. The van der Waals surface area contributed by atoms with Crippen LogP contribution in [0.1, 0.15) is 41.8 Å². The van der Waals surface area contributed by atoms with E-state index in [2.05, 4.69) is 20.5 Å². The molecule has 4 aromatic rings. The van der Waals surface area contributed by atoms with Gasteiger partial charge in [-0.05, 0) is 38.1 Å². The average Bonchev–Trinajstić information content (AvgIpc) is 3.44. The number of aromatic nitrogens is 5. The zero-order valence-electron chi connectivity index (χ0n) is 16.3. The summed E-state index contributed by atoms with van der Waals surface area (Å²) in [6, 6.07) is 6.60. The minimum Gasteiger partial charge on any atom is -0.342 e. The molecule has 1 N–H and O–H groups in total. The van der Waals surface area contributed by atoms with Gasteiger partial charge in [-0.2, -0.15) is 23.4 Å². The van der Waals surface area contributed by atoms with Crippen molar-refractivity contribution < 1.29 is 18.0 Å². The molecule has 1 atom stereocenters. The number of nitrogens with one attached hydrogen (secondary N) is 1. The van der Waals surface area contributed by atoms with Crippen LogP contribution in [0.5, 0.6) is 0 Å². The van der Waals surface area contributed by atoms with E-state index in [1.807, 2.05) is 6.92 Å². The molecular formula is C19H16ClF3N6OS. The van der Waals surface area contributed by atoms with Gasteiger partial charge in [0.25, 0.3) is 5.91 Å². The number of hydrogen-bond acceptors (Lipinski definition) is 5. The minimum atomic E-state index is -4.70. The molecule has 0 aromatic carbocycles. The number of carbonyl (C=O) groups excluding carboxylic acids is 1. The molecule has 1 amide bonds. The standard InChI is InChI=1S/C19H16ClF3N6OS/c1-3-28-7-6-11(26-28)10(2)24-18(30)13-9-17-25-12(14-4-5-16(20)31-14)8-15(19(21,22)23)29(17)27-13/h4-10H,3H2,1-2H3,(H,24,30)/t10-/m0/s1. The number of aryl methyl sites for hydroxylation is 1. The number of nitrogens with zero attached hydrogens (tertiary/aromatic N) is 5. The van der Waals surface area contributed by atoms with Gasteiger partial charge in [0.05, 0.1) is 26.6 Å². The molecule has 0 aliphatic heterocycles. The second-order valence-corrected chi connectivity index (χ2v) is 8.43.